The molecule has 17 heavy (non-hydrogen) atoms. The molecule has 0 aliphatic rings. The Labute approximate surface area is 98.6 Å². The van der Waals surface area contributed by atoms with Crippen molar-refractivity contribution in [3.63, 3.8) is 0 Å². The summed E-state index contributed by atoms with van der Waals surface area (Å²) in [6.07, 6.45) is -4.17. The molecule has 6 heteroatoms. The van der Waals surface area contributed by atoms with Crippen molar-refractivity contribution in [3.8, 4) is 0 Å². The van der Waals surface area contributed by atoms with Gasteiger partial charge in [0.15, 0.2) is 0 Å². The zero-order chi connectivity index (χ0) is 12.9. The molecule has 0 radical (unpaired) electrons. The van der Waals surface area contributed by atoms with Crippen LogP contribution in [0.15, 0.2) is 18.2 Å². The molecule has 0 bridgehead atoms. The molecule has 96 valence electrons. The Balaban J connectivity index is 2.67. The SMILES string of the molecule is CCN(Cc1cccc(NC)n1)CC(F)(F)F. The third kappa shape index (κ3) is 5.04. The maximum absolute atomic E-state index is 12.3. The molecular formula is C11H16F3N3. The van der Waals surface area contributed by atoms with Crippen molar-refractivity contribution in [2.75, 3.05) is 25.5 Å². The number of rotatable bonds is 5. The van der Waals surface area contributed by atoms with Crippen LogP contribution in [0.25, 0.3) is 0 Å². The van der Waals surface area contributed by atoms with E-state index in [2.05, 4.69) is 10.3 Å². The van der Waals surface area contributed by atoms with Crippen molar-refractivity contribution in [2.45, 2.75) is 19.6 Å². The fourth-order valence-electron chi connectivity index (χ4n) is 1.47. The van der Waals surface area contributed by atoms with E-state index in [1.54, 1.807) is 32.2 Å². The quantitative estimate of drug-likeness (QED) is 0.866. The van der Waals surface area contributed by atoms with Crippen molar-refractivity contribution in [1.82, 2.24) is 9.88 Å². The van der Waals surface area contributed by atoms with Crippen molar-refractivity contribution >= 4 is 5.82 Å². The third-order valence-corrected chi connectivity index (χ3v) is 2.30. The highest BCUT2D eigenvalue weighted by atomic mass is 19.4. The summed E-state index contributed by atoms with van der Waals surface area (Å²) in [5.41, 5.74) is 0.628. The van der Waals surface area contributed by atoms with Gasteiger partial charge in [0.25, 0.3) is 0 Å². The minimum atomic E-state index is -4.17. The monoisotopic (exact) mass is 247 g/mol. The topological polar surface area (TPSA) is 28.2 Å². The third-order valence-electron chi connectivity index (χ3n) is 2.30. The van der Waals surface area contributed by atoms with Crippen LogP contribution in [0.4, 0.5) is 19.0 Å². The molecule has 1 rings (SSSR count). The van der Waals surface area contributed by atoms with E-state index < -0.39 is 12.7 Å². The fourth-order valence-corrected chi connectivity index (χ4v) is 1.47. The van der Waals surface area contributed by atoms with E-state index in [0.29, 0.717) is 18.1 Å². The van der Waals surface area contributed by atoms with Crippen LogP contribution in [0.1, 0.15) is 12.6 Å². The summed E-state index contributed by atoms with van der Waals surface area (Å²) in [5.74, 6) is 0.658. The highest BCUT2D eigenvalue weighted by Crippen LogP contribution is 2.17. The minimum Gasteiger partial charge on any atom is -0.373 e. The van der Waals surface area contributed by atoms with E-state index in [4.69, 9.17) is 0 Å². The summed E-state index contributed by atoms with van der Waals surface area (Å²) in [7, 11) is 1.72. The lowest BCUT2D eigenvalue weighted by Gasteiger charge is -2.21. The van der Waals surface area contributed by atoms with Gasteiger partial charge in [-0.2, -0.15) is 13.2 Å². The first-order valence-electron chi connectivity index (χ1n) is 5.37. The second-order valence-electron chi connectivity index (χ2n) is 3.68. The lowest BCUT2D eigenvalue weighted by molar-refractivity contribution is -0.146. The molecule has 0 amide bonds. The Bertz CT molecular complexity index is 352. The molecule has 0 aromatic carbocycles. The Morgan fingerprint density at radius 3 is 2.59 bits per heavy atom. The van der Waals surface area contributed by atoms with Gasteiger partial charge in [-0.3, -0.25) is 4.90 Å². The minimum absolute atomic E-state index is 0.200. The first-order valence-corrected chi connectivity index (χ1v) is 5.37. The normalized spacial score (nSPS) is 11.9. The number of halogens is 3. The van der Waals surface area contributed by atoms with E-state index >= 15 is 0 Å². The van der Waals surface area contributed by atoms with Crippen LogP contribution < -0.4 is 5.32 Å². The average Bonchev–Trinajstić information content (AvgIpc) is 2.26. The van der Waals surface area contributed by atoms with Gasteiger partial charge < -0.3 is 5.32 Å². The lowest BCUT2D eigenvalue weighted by atomic mass is 10.3. The molecule has 0 saturated heterocycles. The molecule has 0 fully saturated rings. The molecule has 0 unspecified atom stereocenters. The number of nitrogens with one attached hydrogen (secondary N) is 1. The predicted molar refractivity (Wildman–Crippen MR) is 60.8 cm³/mol. The number of aromatic nitrogens is 1. The smallest absolute Gasteiger partial charge is 0.373 e. The van der Waals surface area contributed by atoms with Crippen LogP contribution in [0.5, 0.6) is 0 Å². The number of alkyl halides is 3. The second-order valence-corrected chi connectivity index (χ2v) is 3.68. The Morgan fingerprint density at radius 2 is 2.06 bits per heavy atom. The molecule has 1 heterocycles. The van der Waals surface area contributed by atoms with Gasteiger partial charge in [-0.1, -0.05) is 13.0 Å². The van der Waals surface area contributed by atoms with Crippen LogP contribution in [0.3, 0.4) is 0 Å². The number of nitrogens with zero attached hydrogens (tertiary/aromatic N) is 2. The number of anilines is 1. The highest BCUT2D eigenvalue weighted by Gasteiger charge is 2.30. The van der Waals surface area contributed by atoms with Crippen LogP contribution in [-0.4, -0.2) is 36.2 Å². The van der Waals surface area contributed by atoms with Crippen molar-refractivity contribution in [3.05, 3.63) is 23.9 Å². The fraction of sp³-hybridized carbons (Fsp3) is 0.545. The van der Waals surface area contributed by atoms with Crippen LogP contribution >= 0.6 is 0 Å². The van der Waals surface area contributed by atoms with Crippen LogP contribution in [0, 0.1) is 0 Å². The van der Waals surface area contributed by atoms with Crippen molar-refractivity contribution in [2.24, 2.45) is 0 Å². The zero-order valence-corrected chi connectivity index (χ0v) is 9.88. The van der Waals surface area contributed by atoms with E-state index in [-0.39, 0.29) is 6.54 Å². The van der Waals surface area contributed by atoms with Crippen LogP contribution in [-0.2, 0) is 6.54 Å². The van der Waals surface area contributed by atoms with E-state index in [9.17, 15) is 13.2 Å². The molecule has 3 nitrogen and oxygen atoms in total. The molecular weight excluding hydrogens is 231 g/mol. The van der Waals surface area contributed by atoms with Gasteiger partial charge in [-0.15, -0.1) is 0 Å². The molecule has 1 aromatic rings. The standard InChI is InChI=1S/C11H16F3N3/c1-3-17(8-11(12,13)14)7-9-5-4-6-10(15-2)16-9/h4-6H,3,7-8H2,1-2H3,(H,15,16). The van der Waals surface area contributed by atoms with Gasteiger partial charge in [0, 0.05) is 13.6 Å². The summed E-state index contributed by atoms with van der Waals surface area (Å²) in [4.78, 5) is 5.50. The first-order chi connectivity index (χ1) is 7.94. The molecule has 1 N–H and O–H groups in total. The average molecular weight is 247 g/mol. The molecule has 0 aliphatic heterocycles. The molecule has 0 aliphatic carbocycles. The Hall–Kier alpha value is -1.30. The molecule has 0 saturated carbocycles. The molecule has 0 atom stereocenters. The Morgan fingerprint density at radius 1 is 1.35 bits per heavy atom. The van der Waals surface area contributed by atoms with Crippen molar-refractivity contribution < 1.29 is 13.2 Å². The molecule has 0 spiro atoms. The predicted octanol–water partition coefficient (Wildman–Crippen LogP) is 2.51. The second kappa shape index (κ2) is 5.86. The first kappa shape index (κ1) is 13.8. The highest BCUT2D eigenvalue weighted by molar-refractivity contribution is 5.34. The maximum atomic E-state index is 12.3. The van der Waals surface area contributed by atoms with E-state index in [1.807, 2.05) is 0 Å². The Kier molecular flexibility index (Phi) is 4.74. The van der Waals surface area contributed by atoms with Gasteiger partial charge >= 0.3 is 6.18 Å². The zero-order valence-electron chi connectivity index (χ0n) is 9.88. The van der Waals surface area contributed by atoms with E-state index in [0.717, 1.165) is 0 Å². The largest absolute Gasteiger partial charge is 0.401 e. The summed E-state index contributed by atoms with van der Waals surface area (Å²) < 4.78 is 36.8. The summed E-state index contributed by atoms with van der Waals surface area (Å²) in [6, 6.07) is 5.26. The van der Waals surface area contributed by atoms with E-state index in [1.165, 1.54) is 4.90 Å². The summed E-state index contributed by atoms with van der Waals surface area (Å²) in [5, 5.41) is 2.86. The van der Waals surface area contributed by atoms with Gasteiger partial charge in [0.1, 0.15) is 5.82 Å². The number of hydrogen-bond donors (Lipinski definition) is 1. The molecule has 1 aromatic heterocycles. The summed E-state index contributed by atoms with van der Waals surface area (Å²) in [6.45, 7) is 1.33. The van der Waals surface area contributed by atoms with Crippen LogP contribution in [0.2, 0.25) is 0 Å². The lowest BCUT2D eigenvalue weighted by Crippen LogP contribution is -2.33. The number of hydrogen-bond acceptors (Lipinski definition) is 3. The summed E-state index contributed by atoms with van der Waals surface area (Å²) >= 11 is 0. The number of pyridine rings is 1. The van der Waals surface area contributed by atoms with Gasteiger partial charge in [0.05, 0.1) is 12.2 Å². The van der Waals surface area contributed by atoms with Crippen molar-refractivity contribution in [1.29, 1.82) is 0 Å². The van der Waals surface area contributed by atoms with Gasteiger partial charge in [-0.25, -0.2) is 4.98 Å². The maximum Gasteiger partial charge on any atom is 0.401 e. The van der Waals surface area contributed by atoms with Gasteiger partial charge in [-0.05, 0) is 18.7 Å². The van der Waals surface area contributed by atoms with Gasteiger partial charge in [0.2, 0.25) is 0 Å².